The summed E-state index contributed by atoms with van der Waals surface area (Å²) >= 11 is 3.33. The third-order valence-corrected chi connectivity index (χ3v) is 4.20. The van der Waals surface area contributed by atoms with Crippen molar-refractivity contribution in [2.24, 2.45) is 0 Å². The van der Waals surface area contributed by atoms with E-state index < -0.39 is 0 Å². The molecule has 1 heterocycles. The number of amides is 1. The van der Waals surface area contributed by atoms with Crippen LogP contribution < -0.4 is 15.6 Å². The molecule has 0 saturated carbocycles. The van der Waals surface area contributed by atoms with E-state index >= 15 is 0 Å². The van der Waals surface area contributed by atoms with Crippen LogP contribution >= 0.6 is 15.9 Å². The number of carbonyl (C=O) groups excluding carboxylic acids is 1. The summed E-state index contributed by atoms with van der Waals surface area (Å²) in [6.07, 6.45) is 0. The molecule has 0 aliphatic heterocycles. The van der Waals surface area contributed by atoms with Crippen LogP contribution in [-0.2, 0) is 6.54 Å². The Labute approximate surface area is 146 Å². The topological polar surface area (TPSA) is 71.2 Å². The van der Waals surface area contributed by atoms with E-state index in [0.717, 1.165) is 15.4 Å². The first-order chi connectivity index (χ1) is 11.6. The van der Waals surface area contributed by atoms with Gasteiger partial charge in [-0.05, 0) is 48.5 Å². The second-order valence-electron chi connectivity index (χ2n) is 5.27. The third kappa shape index (κ3) is 3.49. The van der Waals surface area contributed by atoms with E-state index in [1.165, 1.54) is 0 Å². The summed E-state index contributed by atoms with van der Waals surface area (Å²) in [6.45, 7) is 0.150. The van der Waals surface area contributed by atoms with Gasteiger partial charge in [-0.3, -0.25) is 9.59 Å². The number of H-pyrrole nitrogens is 1. The Bertz CT molecular complexity index is 949. The number of methoxy groups -OCH3 is 1. The smallest absolute Gasteiger partial charge is 0.253 e. The van der Waals surface area contributed by atoms with E-state index in [1.54, 1.807) is 49.6 Å². The van der Waals surface area contributed by atoms with Gasteiger partial charge in [0.25, 0.3) is 11.5 Å². The van der Waals surface area contributed by atoms with Crippen LogP contribution in [0.4, 0.5) is 0 Å². The van der Waals surface area contributed by atoms with Gasteiger partial charge in [0.15, 0.2) is 0 Å². The average molecular weight is 387 g/mol. The van der Waals surface area contributed by atoms with E-state index in [9.17, 15) is 9.59 Å². The zero-order chi connectivity index (χ0) is 17.1. The van der Waals surface area contributed by atoms with Gasteiger partial charge in [0, 0.05) is 33.0 Å². The molecule has 1 amide bonds. The highest BCUT2D eigenvalue weighted by Crippen LogP contribution is 2.18. The predicted octanol–water partition coefficient (Wildman–Crippen LogP) is 3.23. The molecular formula is C18H15BrN2O3. The van der Waals surface area contributed by atoms with Crippen molar-refractivity contribution >= 4 is 32.7 Å². The zero-order valence-corrected chi connectivity index (χ0v) is 14.5. The number of rotatable bonds is 4. The second-order valence-corrected chi connectivity index (χ2v) is 6.18. The largest absolute Gasteiger partial charge is 0.497 e. The van der Waals surface area contributed by atoms with Crippen LogP contribution in [0.3, 0.4) is 0 Å². The van der Waals surface area contributed by atoms with Crippen molar-refractivity contribution in [2.75, 3.05) is 7.11 Å². The summed E-state index contributed by atoms with van der Waals surface area (Å²) in [6, 6.07) is 14.2. The minimum Gasteiger partial charge on any atom is -0.497 e. The molecule has 0 bridgehead atoms. The standard InChI is InChI=1S/C18H15BrN2O3/c1-24-15-6-7-16-12(9-15)8-13(18(23)21-16)10-20-17(22)11-2-4-14(19)5-3-11/h2-9H,10H2,1H3,(H,20,22)(H,21,23). The van der Waals surface area contributed by atoms with Crippen LogP contribution in [0.25, 0.3) is 10.9 Å². The fourth-order valence-electron chi connectivity index (χ4n) is 2.37. The van der Waals surface area contributed by atoms with Gasteiger partial charge >= 0.3 is 0 Å². The Morgan fingerprint density at radius 1 is 1.17 bits per heavy atom. The number of benzene rings is 2. The maximum Gasteiger partial charge on any atom is 0.253 e. The minimum absolute atomic E-state index is 0.150. The molecule has 5 nitrogen and oxygen atoms in total. The van der Waals surface area contributed by atoms with Gasteiger partial charge in [0.05, 0.1) is 7.11 Å². The monoisotopic (exact) mass is 386 g/mol. The van der Waals surface area contributed by atoms with Gasteiger partial charge in [-0.1, -0.05) is 15.9 Å². The molecule has 0 saturated heterocycles. The molecule has 2 N–H and O–H groups in total. The SMILES string of the molecule is COc1ccc2[nH]c(=O)c(CNC(=O)c3ccc(Br)cc3)cc2c1. The van der Waals surface area contributed by atoms with Crippen LogP contribution in [0.2, 0.25) is 0 Å². The van der Waals surface area contributed by atoms with Gasteiger partial charge in [0.2, 0.25) is 0 Å². The first-order valence-corrected chi connectivity index (χ1v) is 8.10. The van der Waals surface area contributed by atoms with E-state index in [4.69, 9.17) is 4.74 Å². The fourth-order valence-corrected chi connectivity index (χ4v) is 2.63. The molecule has 0 unspecified atom stereocenters. The molecule has 0 radical (unpaired) electrons. The van der Waals surface area contributed by atoms with E-state index in [-0.39, 0.29) is 18.0 Å². The molecule has 0 fully saturated rings. The molecule has 3 aromatic rings. The van der Waals surface area contributed by atoms with E-state index in [0.29, 0.717) is 16.9 Å². The summed E-state index contributed by atoms with van der Waals surface area (Å²) in [5.74, 6) is 0.479. The number of fused-ring (bicyclic) bond motifs is 1. The van der Waals surface area contributed by atoms with Crippen molar-refractivity contribution in [1.29, 1.82) is 0 Å². The number of aromatic amines is 1. The molecule has 2 aromatic carbocycles. The summed E-state index contributed by atoms with van der Waals surface area (Å²) in [7, 11) is 1.59. The fraction of sp³-hybridized carbons (Fsp3) is 0.111. The minimum atomic E-state index is -0.229. The van der Waals surface area contributed by atoms with E-state index in [2.05, 4.69) is 26.2 Å². The Kier molecular flexibility index (Phi) is 4.66. The molecule has 122 valence electrons. The lowest BCUT2D eigenvalue weighted by Crippen LogP contribution is -2.26. The van der Waals surface area contributed by atoms with Crippen molar-refractivity contribution in [1.82, 2.24) is 10.3 Å². The Balaban J connectivity index is 1.81. The van der Waals surface area contributed by atoms with Crippen LogP contribution in [0.1, 0.15) is 15.9 Å². The van der Waals surface area contributed by atoms with Crippen molar-refractivity contribution < 1.29 is 9.53 Å². The normalized spacial score (nSPS) is 10.6. The summed E-state index contributed by atoms with van der Waals surface area (Å²) in [4.78, 5) is 27.1. The molecule has 6 heteroatoms. The Morgan fingerprint density at radius 2 is 1.92 bits per heavy atom. The Hall–Kier alpha value is -2.60. The maximum atomic E-state index is 12.1. The van der Waals surface area contributed by atoms with E-state index in [1.807, 2.05) is 6.07 Å². The average Bonchev–Trinajstić information content (AvgIpc) is 2.60. The highest BCUT2D eigenvalue weighted by atomic mass is 79.9. The van der Waals surface area contributed by atoms with Gasteiger partial charge in [-0.25, -0.2) is 0 Å². The maximum absolute atomic E-state index is 12.1. The molecule has 1 aromatic heterocycles. The number of hydrogen-bond donors (Lipinski definition) is 2. The number of ether oxygens (including phenoxy) is 1. The second kappa shape index (κ2) is 6.88. The molecule has 24 heavy (non-hydrogen) atoms. The molecule has 0 atom stereocenters. The van der Waals surface area contributed by atoms with Gasteiger partial charge in [-0.2, -0.15) is 0 Å². The highest BCUT2D eigenvalue weighted by Gasteiger charge is 2.08. The third-order valence-electron chi connectivity index (χ3n) is 3.67. The van der Waals surface area contributed by atoms with Crippen molar-refractivity contribution in [3.63, 3.8) is 0 Å². The molecule has 0 aliphatic rings. The number of nitrogens with one attached hydrogen (secondary N) is 2. The van der Waals surface area contributed by atoms with Crippen LogP contribution in [0.5, 0.6) is 5.75 Å². The van der Waals surface area contributed by atoms with Crippen molar-refractivity contribution in [2.45, 2.75) is 6.54 Å². The summed E-state index contributed by atoms with van der Waals surface area (Å²) in [5, 5.41) is 3.61. The van der Waals surface area contributed by atoms with Crippen LogP contribution in [0.15, 0.2) is 57.8 Å². The van der Waals surface area contributed by atoms with Gasteiger partial charge in [0.1, 0.15) is 5.75 Å². The van der Waals surface area contributed by atoms with Crippen molar-refractivity contribution in [3.8, 4) is 5.75 Å². The molecule has 3 rings (SSSR count). The van der Waals surface area contributed by atoms with Gasteiger partial charge in [-0.15, -0.1) is 0 Å². The van der Waals surface area contributed by atoms with Crippen molar-refractivity contribution in [3.05, 3.63) is 74.5 Å². The van der Waals surface area contributed by atoms with Crippen LogP contribution in [0, 0.1) is 0 Å². The highest BCUT2D eigenvalue weighted by molar-refractivity contribution is 9.10. The number of pyridine rings is 1. The summed E-state index contributed by atoms with van der Waals surface area (Å²) < 4.78 is 6.09. The zero-order valence-electron chi connectivity index (χ0n) is 12.9. The number of hydrogen-bond acceptors (Lipinski definition) is 3. The first-order valence-electron chi connectivity index (χ1n) is 7.30. The molecule has 0 aliphatic carbocycles. The Morgan fingerprint density at radius 3 is 2.62 bits per heavy atom. The number of halogens is 1. The lowest BCUT2D eigenvalue weighted by Gasteiger charge is -2.07. The summed E-state index contributed by atoms with van der Waals surface area (Å²) in [5.41, 5.74) is 1.53. The van der Waals surface area contributed by atoms with Gasteiger partial charge < -0.3 is 15.0 Å². The lowest BCUT2D eigenvalue weighted by atomic mass is 10.1. The number of aromatic nitrogens is 1. The van der Waals surface area contributed by atoms with Crippen LogP contribution in [-0.4, -0.2) is 18.0 Å². The quantitative estimate of drug-likeness (QED) is 0.722. The predicted molar refractivity (Wildman–Crippen MR) is 96.4 cm³/mol. The molecular weight excluding hydrogens is 372 g/mol. The first kappa shape index (κ1) is 16.3. The number of carbonyl (C=O) groups is 1. The lowest BCUT2D eigenvalue weighted by molar-refractivity contribution is 0.0951. The molecule has 0 spiro atoms.